The Kier molecular flexibility index (Phi) is 6.73. The van der Waals surface area contributed by atoms with Crippen LogP contribution in [-0.2, 0) is 4.74 Å². The topological polar surface area (TPSA) is 64.3 Å². The molecule has 0 atom stereocenters. The largest absolute Gasteiger partial charge is 0.378 e. The summed E-state index contributed by atoms with van der Waals surface area (Å²) < 4.78 is 6.95. The highest BCUT2D eigenvalue weighted by Gasteiger charge is 2.18. The molecule has 1 fully saturated rings. The van der Waals surface area contributed by atoms with Gasteiger partial charge in [-0.15, -0.1) is 11.3 Å². The Morgan fingerprint density at radius 3 is 2.85 bits per heavy atom. The van der Waals surface area contributed by atoms with Gasteiger partial charge in [0.1, 0.15) is 0 Å². The Morgan fingerprint density at radius 1 is 1.45 bits per heavy atom. The highest BCUT2D eigenvalue weighted by Crippen LogP contribution is 2.19. The van der Waals surface area contributed by atoms with Gasteiger partial charge in [-0.2, -0.15) is 0 Å². The third-order valence-electron chi connectivity index (χ3n) is 3.51. The Hall–Kier alpha value is -0.180. The van der Waals surface area contributed by atoms with Gasteiger partial charge in [0.15, 0.2) is 0 Å². The van der Waals surface area contributed by atoms with Crippen molar-refractivity contribution in [2.24, 2.45) is 5.73 Å². The molecule has 6 heteroatoms. The molecule has 2 rings (SSSR count). The maximum absolute atomic E-state index is 11.8. The number of carbonyl (C=O) groups is 1. The number of hydrogen-bond donors (Lipinski definition) is 2. The lowest BCUT2D eigenvalue weighted by molar-refractivity contribution is 0.0241. The summed E-state index contributed by atoms with van der Waals surface area (Å²) in [5.74, 6) is 0.00723. The second kappa shape index (κ2) is 8.31. The summed E-state index contributed by atoms with van der Waals surface area (Å²) in [6, 6.07) is 2.27. The molecule has 1 amide bonds. The Labute approximate surface area is 137 Å². The van der Waals surface area contributed by atoms with Crippen LogP contribution in [0.3, 0.4) is 0 Å². The number of amides is 1. The van der Waals surface area contributed by atoms with E-state index in [9.17, 15) is 4.79 Å². The summed E-state index contributed by atoms with van der Waals surface area (Å²) in [6.07, 6.45) is 5.50. The molecule has 0 bridgehead atoms. The van der Waals surface area contributed by atoms with Crippen molar-refractivity contribution in [3.05, 3.63) is 19.9 Å². The molecule has 1 heterocycles. The van der Waals surface area contributed by atoms with Gasteiger partial charge >= 0.3 is 0 Å². The normalized spacial score (nSPS) is 22.7. The summed E-state index contributed by atoms with van der Waals surface area (Å²) in [6.45, 7) is 1.37. The predicted molar refractivity (Wildman–Crippen MR) is 90.2 cm³/mol. The zero-order chi connectivity index (χ0) is 14.4. The molecule has 0 saturated heterocycles. The van der Waals surface area contributed by atoms with Gasteiger partial charge in [0.25, 0.3) is 5.91 Å². The summed E-state index contributed by atoms with van der Waals surface area (Å²) in [5, 5.41) is 4.81. The summed E-state index contributed by atoms with van der Waals surface area (Å²) >= 11 is 3.81. The molecule has 1 saturated carbocycles. The Bertz CT molecular complexity index is 431. The molecule has 1 aliphatic rings. The third kappa shape index (κ3) is 5.31. The first-order valence-corrected chi connectivity index (χ1v) is 9.00. The quantitative estimate of drug-likeness (QED) is 0.562. The van der Waals surface area contributed by atoms with Crippen molar-refractivity contribution in [2.45, 2.75) is 44.2 Å². The molecule has 1 aliphatic carbocycles. The first kappa shape index (κ1) is 16.2. The average molecular weight is 408 g/mol. The zero-order valence-electron chi connectivity index (χ0n) is 11.4. The molecule has 20 heavy (non-hydrogen) atoms. The van der Waals surface area contributed by atoms with Crippen LogP contribution in [-0.4, -0.2) is 31.2 Å². The highest BCUT2D eigenvalue weighted by molar-refractivity contribution is 14.1. The number of hydrogen-bond acceptors (Lipinski definition) is 4. The number of nitrogens with one attached hydrogen (secondary N) is 1. The van der Waals surface area contributed by atoms with Crippen LogP contribution in [0.4, 0.5) is 0 Å². The molecule has 0 spiro atoms. The van der Waals surface area contributed by atoms with Gasteiger partial charge in [-0.1, -0.05) is 0 Å². The minimum atomic E-state index is 0.00723. The van der Waals surface area contributed by atoms with Crippen molar-refractivity contribution < 1.29 is 9.53 Å². The van der Waals surface area contributed by atoms with E-state index in [1.165, 1.54) is 0 Å². The van der Waals surface area contributed by atoms with E-state index in [1.807, 2.05) is 11.4 Å². The average Bonchev–Trinajstić information content (AvgIpc) is 2.87. The molecule has 112 valence electrons. The second-order valence-corrected chi connectivity index (χ2v) is 7.96. The van der Waals surface area contributed by atoms with E-state index >= 15 is 0 Å². The van der Waals surface area contributed by atoms with E-state index in [4.69, 9.17) is 10.5 Å². The smallest absolute Gasteiger partial charge is 0.252 e. The zero-order valence-corrected chi connectivity index (χ0v) is 14.4. The van der Waals surface area contributed by atoms with E-state index in [0.717, 1.165) is 40.6 Å². The monoisotopic (exact) mass is 408 g/mol. The van der Waals surface area contributed by atoms with Crippen LogP contribution in [0.25, 0.3) is 0 Å². The van der Waals surface area contributed by atoms with Crippen LogP contribution >= 0.6 is 33.9 Å². The van der Waals surface area contributed by atoms with Gasteiger partial charge in [-0.3, -0.25) is 4.79 Å². The summed E-state index contributed by atoms with van der Waals surface area (Å²) in [5.41, 5.74) is 6.61. The lowest BCUT2D eigenvalue weighted by Gasteiger charge is -2.26. The lowest BCUT2D eigenvalue weighted by atomic mass is 9.94. The molecule has 0 aliphatic heterocycles. The van der Waals surface area contributed by atoms with Crippen LogP contribution in [0.1, 0.15) is 42.5 Å². The number of halogens is 1. The molecule has 3 N–H and O–H groups in total. The van der Waals surface area contributed by atoms with Crippen LogP contribution in [0.15, 0.2) is 11.4 Å². The number of rotatable bonds is 6. The van der Waals surface area contributed by atoms with Crippen LogP contribution in [0, 0.1) is 2.88 Å². The molecule has 0 radical (unpaired) electrons. The molecule has 0 unspecified atom stereocenters. The first-order valence-electron chi connectivity index (χ1n) is 7.04. The second-order valence-electron chi connectivity index (χ2n) is 5.16. The standard InChI is InChI=1S/C14H21IN2O2S/c15-13-8-10(9-20-13)14(18)17-6-1-7-19-12-4-2-11(16)3-5-12/h8-9,11-12H,1-7,16H2,(H,17,18). The van der Waals surface area contributed by atoms with Gasteiger partial charge in [0.2, 0.25) is 0 Å². The maximum Gasteiger partial charge on any atom is 0.252 e. The lowest BCUT2D eigenvalue weighted by Crippen LogP contribution is -2.31. The molecular formula is C14H21IN2O2S. The molecule has 0 aromatic carbocycles. The van der Waals surface area contributed by atoms with E-state index in [1.54, 1.807) is 11.3 Å². The number of thiophene rings is 1. The summed E-state index contributed by atoms with van der Waals surface area (Å²) in [4.78, 5) is 11.8. The van der Waals surface area contributed by atoms with Gasteiger partial charge in [0.05, 0.1) is 14.6 Å². The van der Waals surface area contributed by atoms with E-state index < -0.39 is 0 Å². The highest BCUT2D eigenvalue weighted by atomic mass is 127. The van der Waals surface area contributed by atoms with E-state index in [-0.39, 0.29) is 5.91 Å². The van der Waals surface area contributed by atoms with Crippen molar-refractivity contribution in [1.82, 2.24) is 5.32 Å². The van der Waals surface area contributed by atoms with Crippen LogP contribution < -0.4 is 11.1 Å². The minimum absolute atomic E-state index is 0.00723. The van der Waals surface area contributed by atoms with Gasteiger partial charge in [0, 0.05) is 24.6 Å². The van der Waals surface area contributed by atoms with Crippen molar-refractivity contribution in [1.29, 1.82) is 0 Å². The molecule has 1 aromatic heterocycles. The van der Waals surface area contributed by atoms with Crippen molar-refractivity contribution in [2.75, 3.05) is 13.2 Å². The van der Waals surface area contributed by atoms with Gasteiger partial charge in [-0.05, 0) is 60.8 Å². The Balaban J connectivity index is 1.54. The maximum atomic E-state index is 11.8. The van der Waals surface area contributed by atoms with Crippen molar-refractivity contribution in [3.8, 4) is 0 Å². The molecule has 1 aromatic rings. The van der Waals surface area contributed by atoms with E-state index in [2.05, 4.69) is 27.9 Å². The minimum Gasteiger partial charge on any atom is -0.378 e. The molecular weight excluding hydrogens is 387 g/mol. The fourth-order valence-corrected chi connectivity index (χ4v) is 3.64. The third-order valence-corrected chi connectivity index (χ3v) is 5.30. The number of ether oxygens (including phenoxy) is 1. The SMILES string of the molecule is NC1CCC(OCCCNC(=O)c2csc(I)c2)CC1. The van der Waals surface area contributed by atoms with Crippen LogP contribution in [0.2, 0.25) is 0 Å². The first-order chi connectivity index (χ1) is 9.65. The van der Waals surface area contributed by atoms with Crippen LogP contribution in [0.5, 0.6) is 0 Å². The van der Waals surface area contributed by atoms with Crippen molar-refractivity contribution in [3.63, 3.8) is 0 Å². The fourth-order valence-electron chi connectivity index (χ4n) is 2.31. The summed E-state index contributed by atoms with van der Waals surface area (Å²) in [7, 11) is 0. The number of carbonyl (C=O) groups excluding carboxylic acids is 1. The number of nitrogens with two attached hydrogens (primary N) is 1. The van der Waals surface area contributed by atoms with E-state index in [0.29, 0.717) is 25.3 Å². The van der Waals surface area contributed by atoms with Crippen molar-refractivity contribution >= 4 is 39.8 Å². The molecule has 4 nitrogen and oxygen atoms in total. The Morgan fingerprint density at radius 2 is 2.20 bits per heavy atom. The van der Waals surface area contributed by atoms with Gasteiger partial charge in [-0.25, -0.2) is 0 Å². The van der Waals surface area contributed by atoms with Gasteiger partial charge < -0.3 is 15.8 Å². The fraction of sp³-hybridized carbons (Fsp3) is 0.643. The predicted octanol–water partition coefficient (Wildman–Crippen LogP) is 2.76.